The highest BCUT2D eigenvalue weighted by atomic mass is 32.2. The molecule has 0 bridgehead atoms. The highest BCUT2D eigenvalue weighted by molar-refractivity contribution is 7.90. The summed E-state index contributed by atoms with van der Waals surface area (Å²) in [6.07, 6.45) is 4.98. The van der Waals surface area contributed by atoms with Crippen molar-refractivity contribution in [2.75, 3.05) is 23.7 Å². The van der Waals surface area contributed by atoms with Crippen molar-refractivity contribution in [2.24, 2.45) is 5.92 Å². The number of aliphatic hydroxyl groups excluding tert-OH is 1. The number of nitrogens with two attached hydrogens (primary N) is 1. The number of pyridine rings is 1. The molecule has 2 atom stereocenters. The van der Waals surface area contributed by atoms with Crippen molar-refractivity contribution in [2.45, 2.75) is 24.3 Å². The Bertz CT molecular complexity index is 1420. The molecule has 1 aliphatic rings. The summed E-state index contributed by atoms with van der Waals surface area (Å²) in [6.45, 7) is 3.29. The minimum absolute atomic E-state index is 0.0789. The van der Waals surface area contributed by atoms with Crippen LogP contribution in [0.2, 0.25) is 0 Å². The summed E-state index contributed by atoms with van der Waals surface area (Å²) in [5.74, 6) is 0.176. The van der Waals surface area contributed by atoms with Gasteiger partial charge in [-0.25, -0.2) is 27.3 Å². The first-order valence-corrected chi connectivity index (χ1v) is 12.1. The molecule has 0 amide bonds. The van der Waals surface area contributed by atoms with Crippen LogP contribution < -0.4 is 10.6 Å². The first-order valence-electron chi connectivity index (χ1n) is 10.7. The van der Waals surface area contributed by atoms with Crippen molar-refractivity contribution in [3.05, 3.63) is 61.1 Å². The summed E-state index contributed by atoms with van der Waals surface area (Å²) < 4.78 is 28.3. The highest BCUT2D eigenvalue weighted by Crippen LogP contribution is 2.38. The number of aliphatic hydroxyl groups is 1. The molecule has 5 rings (SSSR count). The van der Waals surface area contributed by atoms with Gasteiger partial charge in [-0.1, -0.05) is 25.1 Å². The van der Waals surface area contributed by atoms with Crippen LogP contribution in [0.3, 0.4) is 0 Å². The van der Waals surface area contributed by atoms with Crippen LogP contribution in [-0.4, -0.2) is 51.6 Å². The molecule has 1 fully saturated rings. The Hall–Kier alpha value is -3.50. The van der Waals surface area contributed by atoms with Gasteiger partial charge < -0.3 is 15.7 Å². The van der Waals surface area contributed by atoms with E-state index in [-0.39, 0.29) is 22.9 Å². The largest absolute Gasteiger partial charge is 0.393 e. The molecule has 0 unspecified atom stereocenters. The predicted molar refractivity (Wildman–Crippen MR) is 126 cm³/mol. The van der Waals surface area contributed by atoms with Gasteiger partial charge in [-0.05, 0) is 36.6 Å². The number of piperidine rings is 1. The summed E-state index contributed by atoms with van der Waals surface area (Å²) in [5.41, 5.74) is 8.09. The quantitative estimate of drug-likeness (QED) is 0.472. The van der Waals surface area contributed by atoms with Gasteiger partial charge in [0.1, 0.15) is 0 Å². The lowest BCUT2D eigenvalue weighted by Gasteiger charge is -2.36. The maximum Gasteiger partial charge on any atom is 0.269 e. The van der Waals surface area contributed by atoms with Gasteiger partial charge in [-0.2, -0.15) is 0 Å². The third kappa shape index (κ3) is 3.70. The SMILES string of the molecule is C[C@H]1CN(c2ccnc3c2c(-c2ccnc(N)n2)cn3S(=O)(=O)c2ccccc2)CC[C@@H]1O. The summed E-state index contributed by atoms with van der Waals surface area (Å²) in [4.78, 5) is 15.1. The van der Waals surface area contributed by atoms with Gasteiger partial charge in [0.05, 0.1) is 27.8 Å². The molecule has 1 aromatic carbocycles. The Balaban J connectivity index is 1.77. The Kier molecular flexibility index (Phi) is 5.26. The summed E-state index contributed by atoms with van der Waals surface area (Å²) in [6, 6.07) is 11.8. The van der Waals surface area contributed by atoms with Crippen LogP contribution in [0.15, 0.2) is 66.0 Å². The van der Waals surface area contributed by atoms with E-state index in [4.69, 9.17) is 5.73 Å². The first kappa shape index (κ1) is 21.4. The number of rotatable bonds is 4. The van der Waals surface area contributed by atoms with E-state index < -0.39 is 10.0 Å². The monoisotopic (exact) mass is 464 g/mol. The zero-order chi connectivity index (χ0) is 23.2. The fourth-order valence-corrected chi connectivity index (χ4v) is 5.67. The van der Waals surface area contributed by atoms with Gasteiger partial charge in [-0.15, -0.1) is 0 Å². The van der Waals surface area contributed by atoms with E-state index in [0.29, 0.717) is 41.8 Å². The van der Waals surface area contributed by atoms with Gasteiger partial charge in [0.25, 0.3) is 10.0 Å². The van der Waals surface area contributed by atoms with Crippen molar-refractivity contribution >= 4 is 32.7 Å². The summed E-state index contributed by atoms with van der Waals surface area (Å²) in [5, 5.41) is 10.9. The number of anilines is 2. The van der Waals surface area contributed by atoms with E-state index in [1.165, 1.54) is 3.97 Å². The molecule has 4 aromatic rings. The first-order chi connectivity index (χ1) is 15.9. The van der Waals surface area contributed by atoms with Crippen LogP contribution in [0.1, 0.15) is 13.3 Å². The van der Waals surface area contributed by atoms with E-state index >= 15 is 0 Å². The second-order valence-corrected chi connectivity index (χ2v) is 10.1. The third-order valence-electron chi connectivity index (χ3n) is 6.08. The fourth-order valence-electron chi connectivity index (χ4n) is 4.33. The number of nitrogen functional groups attached to an aromatic ring is 1. The average molecular weight is 465 g/mol. The standard InChI is InChI=1S/C23H24N6O3S/c1-15-13-28(12-9-20(15)30)19-8-11-25-22-21(19)17(18-7-10-26-23(24)27-18)14-29(22)33(31,32)16-5-3-2-4-6-16/h2-8,10-11,14-15,20,30H,9,12-13H2,1H3,(H2,24,26,27)/t15-,20-/m0/s1. The Morgan fingerprint density at radius 3 is 2.58 bits per heavy atom. The van der Waals surface area contributed by atoms with Crippen molar-refractivity contribution < 1.29 is 13.5 Å². The molecule has 0 saturated carbocycles. The van der Waals surface area contributed by atoms with Crippen LogP contribution in [0.25, 0.3) is 22.3 Å². The summed E-state index contributed by atoms with van der Waals surface area (Å²) in [7, 11) is -3.91. The molecule has 0 aliphatic carbocycles. The lowest BCUT2D eigenvalue weighted by molar-refractivity contribution is 0.0972. The molecule has 3 N–H and O–H groups in total. The second kappa shape index (κ2) is 8.13. The van der Waals surface area contributed by atoms with E-state index in [0.717, 1.165) is 5.69 Å². The van der Waals surface area contributed by atoms with E-state index in [1.807, 2.05) is 13.0 Å². The van der Waals surface area contributed by atoms with Gasteiger partial charge in [-0.3, -0.25) is 0 Å². The zero-order valence-corrected chi connectivity index (χ0v) is 18.9. The van der Waals surface area contributed by atoms with Gasteiger partial charge in [0, 0.05) is 37.2 Å². The van der Waals surface area contributed by atoms with Gasteiger partial charge >= 0.3 is 0 Å². The van der Waals surface area contributed by atoms with Crippen molar-refractivity contribution in [1.82, 2.24) is 18.9 Å². The normalized spacial score (nSPS) is 19.2. The Morgan fingerprint density at radius 2 is 1.85 bits per heavy atom. The molecular weight excluding hydrogens is 440 g/mol. The lowest BCUT2D eigenvalue weighted by Crippen LogP contribution is -2.42. The van der Waals surface area contributed by atoms with Crippen molar-refractivity contribution in [3.8, 4) is 11.3 Å². The molecular formula is C23H24N6O3S. The molecule has 10 heteroatoms. The van der Waals surface area contributed by atoms with Gasteiger partial charge in [0.15, 0.2) is 5.65 Å². The molecule has 4 heterocycles. The number of hydrogen-bond donors (Lipinski definition) is 2. The molecule has 0 spiro atoms. The van der Waals surface area contributed by atoms with Gasteiger partial charge in [0.2, 0.25) is 5.95 Å². The molecule has 0 radical (unpaired) electrons. The molecule has 170 valence electrons. The molecule has 3 aromatic heterocycles. The molecule has 9 nitrogen and oxygen atoms in total. The predicted octanol–water partition coefficient (Wildman–Crippen LogP) is 2.52. The number of fused-ring (bicyclic) bond motifs is 1. The van der Waals surface area contributed by atoms with Crippen LogP contribution in [0, 0.1) is 5.92 Å². The van der Waals surface area contributed by atoms with Crippen LogP contribution in [-0.2, 0) is 10.0 Å². The number of aromatic nitrogens is 4. The number of nitrogens with zero attached hydrogens (tertiary/aromatic N) is 5. The van der Waals surface area contributed by atoms with Crippen LogP contribution >= 0.6 is 0 Å². The Labute approximate surface area is 191 Å². The highest BCUT2D eigenvalue weighted by Gasteiger charge is 2.29. The van der Waals surface area contributed by atoms with Crippen LogP contribution in [0.5, 0.6) is 0 Å². The fraction of sp³-hybridized carbons (Fsp3) is 0.261. The third-order valence-corrected chi connectivity index (χ3v) is 7.75. The Morgan fingerprint density at radius 1 is 1.09 bits per heavy atom. The zero-order valence-electron chi connectivity index (χ0n) is 18.0. The van der Waals surface area contributed by atoms with Crippen LogP contribution in [0.4, 0.5) is 11.6 Å². The maximum atomic E-state index is 13.6. The van der Waals surface area contributed by atoms with E-state index in [9.17, 15) is 13.5 Å². The van der Waals surface area contributed by atoms with E-state index in [2.05, 4.69) is 19.9 Å². The minimum atomic E-state index is -3.91. The lowest BCUT2D eigenvalue weighted by atomic mass is 9.96. The number of hydrogen-bond acceptors (Lipinski definition) is 8. The summed E-state index contributed by atoms with van der Waals surface area (Å²) >= 11 is 0. The maximum absolute atomic E-state index is 13.6. The second-order valence-electron chi connectivity index (χ2n) is 8.26. The van der Waals surface area contributed by atoms with Crippen molar-refractivity contribution in [1.29, 1.82) is 0 Å². The smallest absolute Gasteiger partial charge is 0.269 e. The van der Waals surface area contributed by atoms with E-state index in [1.54, 1.807) is 55.0 Å². The molecule has 1 saturated heterocycles. The average Bonchev–Trinajstić information content (AvgIpc) is 3.22. The van der Waals surface area contributed by atoms with Crippen molar-refractivity contribution in [3.63, 3.8) is 0 Å². The number of benzene rings is 1. The minimum Gasteiger partial charge on any atom is -0.393 e. The molecule has 1 aliphatic heterocycles. The molecule has 33 heavy (non-hydrogen) atoms. The topological polar surface area (TPSA) is 127 Å².